The van der Waals surface area contributed by atoms with E-state index in [0.29, 0.717) is 22.2 Å². The molecule has 1 aromatic heterocycles. The van der Waals surface area contributed by atoms with Gasteiger partial charge in [0.1, 0.15) is 23.0 Å². The number of thioether (sulfide) groups is 1. The van der Waals surface area contributed by atoms with Crippen LogP contribution in [-0.2, 0) is 0 Å². The van der Waals surface area contributed by atoms with E-state index < -0.39 is 0 Å². The van der Waals surface area contributed by atoms with Gasteiger partial charge in [-0.05, 0) is 39.8 Å². The van der Waals surface area contributed by atoms with Crippen molar-refractivity contribution in [2.75, 3.05) is 11.1 Å². The number of hydrogen-bond acceptors (Lipinski definition) is 6. The van der Waals surface area contributed by atoms with Crippen molar-refractivity contribution >= 4 is 28.4 Å². The molecular formula is C16H21N5S. The van der Waals surface area contributed by atoms with Crippen molar-refractivity contribution in [1.29, 1.82) is 5.41 Å². The van der Waals surface area contributed by atoms with Crippen molar-refractivity contribution in [3.05, 3.63) is 41.7 Å². The van der Waals surface area contributed by atoms with Gasteiger partial charge in [0, 0.05) is 10.4 Å². The highest BCUT2D eigenvalue weighted by molar-refractivity contribution is 8.14. The SMILES string of the molecule is Cc1cccc(SC(=N)c2c(N)ncnc2NC(C)(C)C)c1. The van der Waals surface area contributed by atoms with Crippen molar-refractivity contribution in [2.24, 2.45) is 0 Å². The molecule has 1 aromatic carbocycles. The highest BCUT2D eigenvalue weighted by atomic mass is 32.2. The third-order valence-electron chi connectivity index (χ3n) is 2.81. The van der Waals surface area contributed by atoms with Crippen LogP contribution >= 0.6 is 11.8 Å². The van der Waals surface area contributed by atoms with Gasteiger partial charge < -0.3 is 11.1 Å². The zero-order valence-corrected chi connectivity index (χ0v) is 14.1. The van der Waals surface area contributed by atoms with E-state index in [9.17, 15) is 0 Å². The number of nitrogens with two attached hydrogens (primary N) is 1. The Hall–Kier alpha value is -2.08. The zero-order valence-electron chi connectivity index (χ0n) is 13.3. The number of rotatable bonds is 3. The maximum Gasteiger partial charge on any atom is 0.141 e. The molecule has 6 heteroatoms. The summed E-state index contributed by atoms with van der Waals surface area (Å²) in [5.74, 6) is 0.900. The quantitative estimate of drug-likeness (QED) is 0.457. The highest BCUT2D eigenvalue weighted by Gasteiger charge is 2.19. The largest absolute Gasteiger partial charge is 0.383 e. The molecule has 22 heavy (non-hydrogen) atoms. The summed E-state index contributed by atoms with van der Waals surface area (Å²) in [6, 6.07) is 8.02. The van der Waals surface area contributed by atoms with E-state index in [-0.39, 0.29) is 5.54 Å². The molecule has 4 N–H and O–H groups in total. The molecule has 2 aromatic rings. The summed E-state index contributed by atoms with van der Waals surface area (Å²) < 4.78 is 0. The number of nitrogens with zero attached hydrogens (tertiary/aromatic N) is 2. The summed E-state index contributed by atoms with van der Waals surface area (Å²) in [7, 11) is 0. The monoisotopic (exact) mass is 315 g/mol. The zero-order chi connectivity index (χ0) is 16.3. The molecule has 0 spiro atoms. The minimum Gasteiger partial charge on any atom is -0.383 e. The lowest BCUT2D eigenvalue weighted by Crippen LogP contribution is -2.28. The molecule has 0 aliphatic carbocycles. The van der Waals surface area contributed by atoms with Crippen LogP contribution < -0.4 is 11.1 Å². The van der Waals surface area contributed by atoms with Crippen molar-refractivity contribution in [2.45, 2.75) is 38.1 Å². The fraction of sp³-hybridized carbons (Fsp3) is 0.312. The van der Waals surface area contributed by atoms with Gasteiger partial charge in [0.15, 0.2) is 0 Å². The molecule has 0 radical (unpaired) electrons. The van der Waals surface area contributed by atoms with E-state index in [1.165, 1.54) is 18.1 Å². The molecule has 0 saturated carbocycles. The molecule has 5 nitrogen and oxygen atoms in total. The minimum atomic E-state index is -0.177. The molecule has 0 aliphatic heterocycles. The summed E-state index contributed by atoms with van der Waals surface area (Å²) in [6.45, 7) is 8.13. The van der Waals surface area contributed by atoms with Crippen LogP contribution in [-0.4, -0.2) is 20.6 Å². The number of hydrogen-bond donors (Lipinski definition) is 3. The smallest absolute Gasteiger partial charge is 0.141 e. The Morgan fingerprint density at radius 2 is 2.00 bits per heavy atom. The van der Waals surface area contributed by atoms with E-state index in [0.717, 1.165) is 10.5 Å². The van der Waals surface area contributed by atoms with Crippen LogP contribution in [0.25, 0.3) is 0 Å². The lowest BCUT2D eigenvalue weighted by molar-refractivity contribution is 0.630. The highest BCUT2D eigenvalue weighted by Crippen LogP contribution is 2.29. The van der Waals surface area contributed by atoms with Gasteiger partial charge in [-0.1, -0.05) is 29.5 Å². The Balaban J connectivity index is 2.32. The van der Waals surface area contributed by atoms with Crippen molar-refractivity contribution in [1.82, 2.24) is 9.97 Å². The molecule has 0 unspecified atom stereocenters. The standard InChI is InChI=1S/C16H21N5S/c1-10-6-5-7-11(8-10)22-14(18)12-13(17)19-9-20-15(12)21-16(2,3)4/h5-9,18H,1-4H3,(H3,17,19,20,21). The first-order valence-electron chi connectivity index (χ1n) is 6.98. The second-order valence-corrected chi connectivity index (χ2v) is 7.19. The molecule has 116 valence electrons. The number of aryl methyl sites for hydroxylation is 1. The van der Waals surface area contributed by atoms with Crippen LogP contribution in [0.15, 0.2) is 35.5 Å². The van der Waals surface area contributed by atoms with Gasteiger partial charge in [0.05, 0.1) is 5.56 Å². The average Bonchev–Trinajstić information content (AvgIpc) is 2.36. The second kappa shape index (κ2) is 6.36. The summed E-state index contributed by atoms with van der Waals surface area (Å²) in [6.07, 6.45) is 1.41. The summed E-state index contributed by atoms with van der Waals surface area (Å²) >= 11 is 1.35. The Bertz CT molecular complexity index is 691. The third-order valence-corrected chi connectivity index (χ3v) is 3.70. The Morgan fingerprint density at radius 1 is 1.27 bits per heavy atom. The molecular weight excluding hydrogens is 294 g/mol. The normalized spacial score (nSPS) is 11.3. The van der Waals surface area contributed by atoms with Crippen molar-refractivity contribution in [3.8, 4) is 0 Å². The fourth-order valence-electron chi connectivity index (χ4n) is 1.92. The van der Waals surface area contributed by atoms with E-state index in [1.807, 2.05) is 52.0 Å². The van der Waals surface area contributed by atoms with E-state index >= 15 is 0 Å². The molecule has 0 saturated heterocycles. The molecule has 0 fully saturated rings. The van der Waals surface area contributed by atoms with Crippen LogP contribution in [0, 0.1) is 12.3 Å². The molecule has 0 bridgehead atoms. The van der Waals surface area contributed by atoms with Crippen LogP contribution in [0.5, 0.6) is 0 Å². The summed E-state index contributed by atoms with van der Waals surface area (Å²) in [5.41, 5.74) is 7.50. The lowest BCUT2D eigenvalue weighted by Gasteiger charge is -2.23. The van der Waals surface area contributed by atoms with Gasteiger partial charge in [0.25, 0.3) is 0 Å². The predicted octanol–water partition coefficient (Wildman–Crippen LogP) is 3.70. The molecule has 0 atom stereocenters. The fourth-order valence-corrected chi connectivity index (χ4v) is 2.85. The number of nitrogens with one attached hydrogen (secondary N) is 2. The van der Waals surface area contributed by atoms with Crippen molar-refractivity contribution < 1.29 is 0 Å². The van der Waals surface area contributed by atoms with Crippen LogP contribution in [0.4, 0.5) is 11.6 Å². The Kier molecular flexibility index (Phi) is 4.71. The van der Waals surface area contributed by atoms with Gasteiger partial charge in [-0.3, -0.25) is 5.41 Å². The first-order valence-corrected chi connectivity index (χ1v) is 7.80. The number of anilines is 2. The van der Waals surface area contributed by atoms with Crippen LogP contribution in [0.3, 0.4) is 0 Å². The van der Waals surface area contributed by atoms with Gasteiger partial charge in [-0.2, -0.15) is 0 Å². The Morgan fingerprint density at radius 3 is 2.64 bits per heavy atom. The molecule has 1 heterocycles. The maximum absolute atomic E-state index is 8.39. The predicted molar refractivity (Wildman–Crippen MR) is 93.7 cm³/mol. The number of aromatic nitrogens is 2. The maximum atomic E-state index is 8.39. The van der Waals surface area contributed by atoms with E-state index in [4.69, 9.17) is 11.1 Å². The van der Waals surface area contributed by atoms with Crippen LogP contribution in [0.1, 0.15) is 31.9 Å². The van der Waals surface area contributed by atoms with E-state index in [2.05, 4.69) is 15.3 Å². The number of nitrogen functional groups attached to an aromatic ring is 1. The Labute approximate surface area is 135 Å². The molecule has 2 rings (SSSR count). The topological polar surface area (TPSA) is 87.7 Å². The van der Waals surface area contributed by atoms with Gasteiger partial charge in [-0.15, -0.1) is 0 Å². The van der Waals surface area contributed by atoms with Crippen molar-refractivity contribution in [3.63, 3.8) is 0 Å². The first kappa shape index (κ1) is 16.3. The lowest BCUT2D eigenvalue weighted by atomic mass is 10.1. The second-order valence-electron chi connectivity index (χ2n) is 6.11. The number of benzene rings is 1. The van der Waals surface area contributed by atoms with Crippen LogP contribution in [0.2, 0.25) is 0 Å². The third kappa shape index (κ3) is 4.21. The molecule has 0 amide bonds. The van der Waals surface area contributed by atoms with Gasteiger partial charge in [0.2, 0.25) is 0 Å². The minimum absolute atomic E-state index is 0.177. The molecule has 0 aliphatic rings. The summed E-state index contributed by atoms with van der Waals surface area (Å²) in [5, 5.41) is 12.0. The first-order chi connectivity index (χ1) is 10.3. The van der Waals surface area contributed by atoms with Gasteiger partial charge >= 0.3 is 0 Å². The summed E-state index contributed by atoms with van der Waals surface area (Å²) in [4.78, 5) is 9.27. The average molecular weight is 315 g/mol. The van der Waals surface area contributed by atoms with E-state index in [1.54, 1.807) is 0 Å². The van der Waals surface area contributed by atoms with Gasteiger partial charge in [-0.25, -0.2) is 9.97 Å².